The van der Waals surface area contributed by atoms with Crippen LogP contribution in [0.15, 0.2) is 23.4 Å². The van der Waals surface area contributed by atoms with Crippen LogP contribution in [0, 0.1) is 5.92 Å². The fourth-order valence-electron chi connectivity index (χ4n) is 3.57. The minimum atomic E-state index is -3.74. The molecule has 2 N–H and O–H groups in total. The van der Waals surface area contributed by atoms with Crippen molar-refractivity contribution in [1.29, 1.82) is 0 Å². The average Bonchev–Trinajstić information content (AvgIpc) is 3.06. The molecule has 1 saturated heterocycles. The van der Waals surface area contributed by atoms with Crippen molar-refractivity contribution < 1.29 is 18.3 Å². The number of carboxylic acids is 1. The van der Waals surface area contributed by atoms with Crippen LogP contribution in [0.25, 0.3) is 0 Å². The molecule has 1 aromatic heterocycles. The highest BCUT2D eigenvalue weighted by Crippen LogP contribution is 2.42. The number of sulfonamides is 1. The van der Waals surface area contributed by atoms with E-state index in [-0.39, 0.29) is 16.9 Å². The van der Waals surface area contributed by atoms with E-state index in [9.17, 15) is 18.3 Å². The van der Waals surface area contributed by atoms with Crippen LogP contribution in [0.2, 0.25) is 0 Å². The molecule has 3 unspecified atom stereocenters. The molecule has 7 heteroatoms. The number of aromatic nitrogens is 1. The third-order valence-electron chi connectivity index (χ3n) is 4.46. The first-order valence-corrected chi connectivity index (χ1v) is 8.35. The predicted molar refractivity (Wildman–Crippen MR) is 71.6 cm³/mol. The molecule has 0 amide bonds. The molecule has 0 spiro atoms. The number of nitrogens with zero attached hydrogens (tertiary/aromatic N) is 1. The van der Waals surface area contributed by atoms with Gasteiger partial charge in [-0.3, -0.25) is 4.79 Å². The van der Waals surface area contributed by atoms with Crippen LogP contribution in [0.1, 0.15) is 32.1 Å². The van der Waals surface area contributed by atoms with Crippen molar-refractivity contribution in [3.63, 3.8) is 0 Å². The molecule has 3 rings (SSSR count). The lowest BCUT2D eigenvalue weighted by Gasteiger charge is -2.31. The average molecular weight is 298 g/mol. The number of rotatable bonds is 3. The van der Waals surface area contributed by atoms with Gasteiger partial charge in [-0.15, -0.1) is 0 Å². The second-order valence-corrected chi connectivity index (χ2v) is 7.43. The molecule has 2 heterocycles. The lowest BCUT2D eigenvalue weighted by molar-refractivity contribution is -0.141. The molecule has 3 atom stereocenters. The second kappa shape index (κ2) is 4.89. The Kier molecular flexibility index (Phi) is 3.33. The van der Waals surface area contributed by atoms with Crippen molar-refractivity contribution in [3.05, 3.63) is 18.5 Å². The molecule has 0 bridgehead atoms. The zero-order chi connectivity index (χ0) is 14.3. The minimum absolute atomic E-state index is 0.148. The lowest BCUT2D eigenvalue weighted by Crippen LogP contribution is -2.45. The summed E-state index contributed by atoms with van der Waals surface area (Å²) in [6.45, 7) is 0. The number of fused-ring (bicyclic) bond motifs is 1. The zero-order valence-corrected chi connectivity index (χ0v) is 11.8. The van der Waals surface area contributed by atoms with Crippen LogP contribution >= 0.6 is 0 Å². The van der Waals surface area contributed by atoms with Crippen LogP contribution in [0.5, 0.6) is 0 Å². The van der Waals surface area contributed by atoms with Gasteiger partial charge in [0.15, 0.2) is 0 Å². The number of H-pyrrole nitrogens is 1. The molecule has 1 aliphatic heterocycles. The van der Waals surface area contributed by atoms with Gasteiger partial charge in [-0.05, 0) is 31.2 Å². The summed E-state index contributed by atoms with van der Waals surface area (Å²) in [5, 5.41) is 9.38. The van der Waals surface area contributed by atoms with Crippen LogP contribution in [0.4, 0.5) is 0 Å². The Morgan fingerprint density at radius 3 is 2.75 bits per heavy atom. The van der Waals surface area contributed by atoms with Crippen molar-refractivity contribution in [2.75, 3.05) is 0 Å². The first kappa shape index (κ1) is 13.6. The highest BCUT2D eigenvalue weighted by atomic mass is 32.2. The van der Waals surface area contributed by atoms with Gasteiger partial charge in [-0.1, -0.05) is 12.8 Å². The summed E-state index contributed by atoms with van der Waals surface area (Å²) in [5.41, 5.74) is 0. The van der Waals surface area contributed by atoms with Gasteiger partial charge in [0.25, 0.3) is 0 Å². The highest BCUT2D eigenvalue weighted by molar-refractivity contribution is 7.89. The maximum Gasteiger partial charge on any atom is 0.322 e. The quantitative estimate of drug-likeness (QED) is 0.883. The molecule has 0 radical (unpaired) electrons. The Labute approximate surface area is 117 Å². The van der Waals surface area contributed by atoms with Crippen molar-refractivity contribution in [3.8, 4) is 0 Å². The van der Waals surface area contributed by atoms with Gasteiger partial charge in [0, 0.05) is 18.4 Å². The summed E-state index contributed by atoms with van der Waals surface area (Å²) in [6.07, 6.45) is 7.09. The van der Waals surface area contributed by atoms with Gasteiger partial charge in [-0.25, -0.2) is 8.42 Å². The van der Waals surface area contributed by atoms with Crippen LogP contribution in [0.3, 0.4) is 0 Å². The molecule has 2 aliphatic rings. The number of carbonyl (C=O) groups is 1. The fourth-order valence-corrected chi connectivity index (χ4v) is 5.41. The number of aliphatic carboxylic acids is 1. The summed E-state index contributed by atoms with van der Waals surface area (Å²) >= 11 is 0. The van der Waals surface area contributed by atoms with Gasteiger partial charge in [0.2, 0.25) is 10.0 Å². The number of hydrogen-bond donors (Lipinski definition) is 2. The van der Waals surface area contributed by atoms with E-state index < -0.39 is 22.0 Å². The Morgan fingerprint density at radius 2 is 2.10 bits per heavy atom. The molecule has 110 valence electrons. The summed E-state index contributed by atoms with van der Waals surface area (Å²) in [4.78, 5) is 14.3. The fraction of sp³-hybridized carbons (Fsp3) is 0.615. The molecule has 1 saturated carbocycles. The molecule has 6 nitrogen and oxygen atoms in total. The maximum atomic E-state index is 12.7. The highest BCUT2D eigenvalue weighted by Gasteiger charge is 2.51. The molecular weight excluding hydrogens is 280 g/mol. The standard InChI is InChI=1S/C13H18N2O4S/c16-13(17)12-7-9-3-1-2-4-11(9)15(12)20(18,19)10-5-6-14-8-10/h5-6,8-9,11-12,14H,1-4,7H2,(H,16,17). The number of carboxylic acid groups (broad SMARTS) is 1. The van der Waals surface area contributed by atoms with Gasteiger partial charge in [0.05, 0.1) is 4.90 Å². The third kappa shape index (κ3) is 2.05. The van der Waals surface area contributed by atoms with Crippen LogP contribution in [-0.2, 0) is 14.8 Å². The summed E-state index contributed by atoms with van der Waals surface area (Å²) in [6, 6.07) is 0.387. The summed E-state index contributed by atoms with van der Waals surface area (Å²) < 4.78 is 26.7. The van der Waals surface area contributed by atoms with E-state index in [0.717, 1.165) is 25.7 Å². The van der Waals surface area contributed by atoms with Gasteiger partial charge in [-0.2, -0.15) is 4.31 Å². The van der Waals surface area contributed by atoms with E-state index in [1.165, 1.54) is 22.8 Å². The number of aromatic amines is 1. The van der Waals surface area contributed by atoms with Crippen molar-refractivity contribution >= 4 is 16.0 Å². The zero-order valence-electron chi connectivity index (χ0n) is 11.0. The monoisotopic (exact) mass is 298 g/mol. The first-order chi connectivity index (χ1) is 9.51. The van der Waals surface area contributed by atoms with Gasteiger partial charge in [0.1, 0.15) is 6.04 Å². The normalized spacial score (nSPS) is 31.1. The van der Waals surface area contributed by atoms with Crippen molar-refractivity contribution in [2.24, 2.45) is 5.92 Å². The largest absolute Gasteiger partial charge is 0.480 e. The topological polar surface area (TPSA) is 90.5 Å². The van der Waals surface area contributed by atoms with Crippen LogP contribution < -0.4 is 0 Å². The van der Waals surface area contributed by atoms with E-state index in [1.807, 2.05) is 0 Å². The van der Waals surface area contributed by atoms with Crippen molar-refractivity contribution in [2.45, 2.75) is 49.1 Å². The lowest BCUT2D eigenvalue weighted by atomic mass is 9.85. The number of nitrogens with one attached hydrogen (secondary N) is 1. The molecular formula is C13H18N2O4S. The Morgan fingerprint density at radius 1 is 1.35 bits per heavy atom. The Balaban J connectivity index is 2.01. The van der Waals surface area contributed by atoms with E-state index in [2.05, 4.69) is 4.98 Å². The van der Waals surface area contributed by atoms with E-state index in [1.54, 1.807) is 0 Å². The Hall–Kier alpha value is -1.34. The SMILES string of the molecule is O=C(O)C1CC2CCCCC2N1S(=O)(=O)c1cc[nH]c1. The molecule has 2 fully saturated rings. The first-order valence-electron chi connectivity index (χ1n) is 6.91. The van der Waals surface area contributed by atoms with E-state index in [4.69, 9.17) is 0 Å². The smallest absolute Gasteiger partial charge is 0.322 e. The van der Waals surface area contributed by atoms with Crippen molar-refractivity contribution in [1.82, 2.24) is 9.29 Å². The molecule has 20 heavy (non-hydrogen) atoms. The summed E-state index contributed by atoms with van der Waals surface area (Å²) in [5.74, 6) is -0.864. The molecule has 1 aromatic rings. The maximum absolute atomic E-state index is 12.7. The van der Waals surface area contributed by atoms with E-state index in [0.29, 0.717) is 6.42 Å². The molecule has 0 aromatic carbocycles. The minimum Gasteiger partial charge on any atom is -0.480 e. The second-order valence-electron chi connectivity index (χ2n) is 5.58. The third-order valence-corrected chi connectivity index (χ3v) is 6.39. The van der Waals surface area contributed by atoms with E-state index >= 15 is 0 Å². The van der Waals surface area contributed by atoms with Gasteiger partial charge >= 0.3 is 5.97 Å². The number of hydrogen-bond acceptors (Lipinski definition) is 3. The summed E-state index contributed by atoms with van der Waals surface area (Å²) in [7, 11) is -3.74. The predicted octanol–water partition coefficient (Wildman–Crippen LogP) is 1.42. The van der Waals surface area contributed by atoms with Crippen LogP contribution in [-0.4, -0.2) is 40.9 Å². The Bertz CT molecular complexity index is 596. The van der Waals surface area contributed by atoms with Gasteiger partial charge < -0.3 is 10.1 Å². The molecule has 1 aliphatic carbocycles.